The molecular formula is C16H23N5O2S. The average molecular weight is 349 g/mol. The van der Waals surface area contributed by atoms with E-state index in [1.54, 1.807) is 35.5 Å². The number of amides is 1. The number of tetrazole rings is 1. The molecule has 8 heteroatoms. The first-order valence-corrected chi connectivity index (χ1v) is 8.80. The molecule has 0 N–H and O–H groups in total. The van der Waals surface area contributed by atoms with Crippen LogP contribution in [0.25, 0.3) is 0 Å². The predicted molar refractivity (Wildman–Crippen MR) is 93.1 cm³/mol. The van der Waals surface area contributed by atoms with Crippen molar-refractivity contribution in [1.82, 2.24) is 25.1 Å². The average Bonchev–Trinajstić information content (AvgIpc) is 3.01. The predicted octanol–water partition coefficient (Wildman–Crippen LogP) is 1.79. The van der Waals surface area contributed by atoms with Crippen LogP contribution in [0, 0.1) is 0 Å². The number of thioether (sulfide) groups is 1. The van der Waals surface area contributed by atoms with Crippen molar-refractivity contribution >= 4 is 17.7 Å². The van der Waals surface area contributed by atoms with Crippen LogP contribution >= 0.6 is 11.8 Å². The van der Waals surface area contributed by atoms with E-state index in [1.807, 2.05) is 31.3 Å². The maximum absolute atomic E-state index is 12.1. The van der Waals surface area contributed by atoms with Crippen molar-refractivity contribution in [3.63, 3.8) is 0 Å². The molecule has 0 spiro atoms. The Morgan fingerprint density at radius 2 is 2.08 bits per heavy atom. The molecule has 0 unspecified atom stereocenters. The molecule has 0 saturated carbocycles. The summed E-state index contributed by atoms with van der Waals surface area (Å²) in [6.45, 7) is 0.714. The van der Waals surface area contributed by atoms with Gasteiger partial charge in [-0.1, -0.05) is 23.9 Å². The molecular weight excluding hydrogens is 326 g/mol. The van der Waals surface area contributed by atoms with Gasteiger partial charge in [0.05, 0.1) is 7.11 Å². The second kappa shape index (κ2) is 9.27. The van der Waals surface area contributed by atoms with E-state index < -0.39 is 0 Å². The first kappa shape index (κ1) is 18.3. The zero-order chi connectivity index (χ0) is 17.4. The summed E-state index contributed by atoms with van der Waals surface area (Å²) >= 11 is 1.57. The molecule has 0 aliphatic heterocycles. The van der Waals surface area contributed by atoms with Gasteiger partial charge in [0.1, 0.15) is 5.75 Å². The maximum Gasteiger partial charge on any atom is 0.222 e. The molecule has 1 amide bonds. The van der Waals surface area contributed by atoms with Crippen LogP contribution in [0.15, 0.2) is 29.4 Å². The summed E-state index contributed by atoms with van der Waals surface area (Å²) in [6.07, 6.45) is 2.19. The second-order valence-electron chi connectivity index (χ2n) is 5.45. The highest BCUT2D eigenvalue weighted by Gasteiger charge is 2.09. The van der Waals surface area contributed by atoms with Crippen molar-refractivity contribution in [1.29, 1.82) is 0 Å². The lowest BCUT2D eigenvalue weighted by Crippen LogP contribution is -2.28. The molecule has 0 bridgehead atoms. The summed E-state index contributed by atoms with van der Waals surface area (Å²) in [5, 5.41) is 12.0. The van der Waals surface area contributed by atoms with E-state index in [0.29, 0.717) is 13.0 Å². The second-order valence-corrected chi connectivity index (χ2v) is 6.51. The minimum Gasteiger partial charge on any atom is -0.497 e. The molecule has 130 valence electrons. The zero-order valence-corrected chi connectivity index (χ0v) is 15.1. The number of hydrogen-bond donors (Lipinski definition) is 0. The van der Waals surface area contributed by atoms with Gasteiger partial charge in [-0.15, -0.1) is 5.10 Å². The lowest BCUT2D eigenvalue weighted by Gasteiger charge is -2.17. The van der Waals surface area contributed by atoms with Gasteiger partial charge >= 0.3 is 0 Å². The number of aryl methyl sites for hydroxylation is 1. The van der Waals surface area contributed by atoms with Crippen molar-refractivity contribution in [3.8, 4) is 5.75 Å². The number of ether oxygens (including phenoxy) is 1. The lowest BCUT2D eigenvalue weighted by atomic mass is 10.1. The van der Waals surface area contributed by atoms with Crippen molar-refractivity contribution in [2.75, 3.05) is 26.5 Å². The van der Waals surface area contributed by atoms with Crippen molar-refractivity contribution in [2.45, 2.75) is 24.4 Å². The van der Waals surface area contributed by atoms with E-state index in [9.17, 15) is 4.79 Å². The molecule has 0 aliphatic rings. The van der Waals surface area contributed by atoms with Crippen LogP contribution in [0.4, 0.5) is 0 Å². The van der Waals surface area contributed by atoms with Crippen molar-refractivity contribution < 1.29 is 9.53 Å². The minimum atomic E-state index is 0.167. The van der Waals surface area contributed by atoms with Gasteiger partial charge in [-0.05, 0) is 41.0 Å². The molecule has 0 fully saturated rings. The van der Waals surface area contributed by atoms with Crippen LogP contribution < -0.4 is 4.74 Å². The van der Waals surface area contributed by atoms with Gasteiger partial charge in [0, 0.05) is 32.8 Å². The number of rotatable bonds is 9. The molecule has 0 atom stereocenters. The van der Waals surface area contributed by atoms with E-state index in [-0.39, 0.29) is 5.91 Å². The van der Waals surface area contributed by atoms with E-state index in [4.69, 9.17) is 4.74 Å². The van der Waals surface area contributed by atoms with Crippen LogP contribution in [0.1, 0.15) is 18.4 Å². The number of likely N-dealkylation sites (N-methyl/N-ethyl adjacent to an activating group) is 1. The SMILES string of the molecule is COc1ccc(CCN(C)C(=O)CCCSc2nnnn2C)cc1. The van der Waals surface area contributed by atoms with Gasteiger partial charge in [0.2, 0.25) is 11.1 Å². The van der Waals surface area contributed by atoms with Crippen molar-refractivity contribution in [3.05, 3.63) is 29.8 Å². The van der Waals surface area contributed by atoms with E-state index in [0.717, 1.165) is 29.5 Å². The number of nitrogens with zero attached hydrogens (tertiary/aromatic N) is 5. The molecule has 2 aromatic rings. The first-order valence-electron chi connectivity index (χ1n) is 7.82. The minimum absolute atomic E-state index is 0.167. The highest BCUT2D eigenvalue weighted by molar-refractivity contribution is 7.99. The Bertz CT molecular complexity index is 644. The fourth-order valence-electron chi connectivity index (χ4n) is 2.13. The van der Waals surface area contributed by atoms with Crippen LogP contribution in [0.3, 0.4) is 0 Å². The van der Waals surface area contributed by atoms with Gasteiger partial charge in [0.15, 0.2) is 0 Å². The highest BCUT2D eigenvalue weighted by atomic mass is 32.2. The zero-order valence-electron chi connectivity index (χ0n) is 14.3. The van der Waals surface area contributed by atoms with Gasteiger partial charge < -0.3 is 9.64 Å². The Kier molecular flexibility index (Phi) is 7.05. The fraction of sp³-hybridized carbons (Fsp3) is 0.500. The Labute approximate surface area is 146 Å². The number of carbonyl (C=O) groups excluding carboxylic acids is 1. The Hall–Kier alpha value is -2.09. The van der Waals surface area contributed by atoms with E-state index >= 15 is 0 Å². The summed E-state index contributed by atoms with van der Waals surface area (Å²) in [5.41, 5.74) is 1.20. The normalized spacial score (nSPS) is 10.6. The van der Waals surface area contributed by atoms with E-state index in [1.165, 1.54) is 5.56 Å². The maximum atomic E-state index is 12.1. The first-order chi connectivity index (χ1) is 11.6. The molecule has 1 aromatic heterocycles. The van der Waals surface area contributed by atoms with Crippen LogP contribution in [0.5, 0.6) is 5.75 Å². The molecule has 2 rings (SSSR count). The summed E-state index contributed by atoms with van der Waals surface area (Å²) < 4.78 is 6.77. The van der Waals surface area contributed by atoms with Gasteiger partial charge in [-0.2, -0.15) is 0 Å². The molecule has 24 heavy (non-hydrogen) atoms. The molecule has 0 saturated heterocycles. The summed E-state index contributed by atoms with van der Waals surface area (Å²) in [7, 11) is 5.31. The molecule has 1 aromatic carbocycles. The lowest BCUT2D eigenvalue weighted by molar-refractivity contribution is -0.129. The van der Waals surface area contributed by atoms with Gasteiger partial charge in [-0.25, -0.2) is 4.68 Å². The molecule has 0 radical (unpaired) electrons. The van der Waals surface area contributed by atoms with Gasteiger partial charge in [0.25, 0.3) is 0 Å². The van der Waals surface area contributed by atoms with Crippen LogP contribution in [-0.4, -0.2) is 57.5 Å². The van der Waals surface area contributed by atoms with E-state index in [2.05, 4.69) is 15.5 Å². The van der Waals surface area contributed by atoms with Gasteiger partial charge in [-0.3, -0.25) is 4.79 Å². The highest BCUT2D eigenvalue weighted by Crippen LogP contribution is 2.15. The third-order valence-electron chi connectivity index (χ3n) is 3.67. The third kappa shape index (κ3) is 5.52. The van der Waals surface area contributed by atoms with Crippen LogP contribution in [0.2, 0.25) is 0 Å². The number of carbonyl (C=O) groups is 1. The summed E-state index contributed by atoms with van der Waals surface area (Å²) in [5.74, 6) is 1.84. The Morgan fingerprint density at radius 1 is 1.33 bits per heavy atom. The quantitative estimate of drug-likeness (QED) is 0.508. The number of hydrogen-bond acceptors (Lipinski definition) is 6. The fourth-order valence-corrected chi connectivity index (χ4v) is 2.92. The largest absolute Gasteiger partial charge is 0.497 e. The van der Waals surface area contributed by atoms with Crippen LogP contribution in [-0.2, 0) is 18.3 Å². The Balaban J connectivity index is 1.65. The Morgan fingerprint density at radius 3 is 2.71 bits per heavy atom. The number of methoxy groups -OCH3 is 1. The standard InChI is InChI=1S/C16H23N5O2S/c1-20(11-10-13-6-8-14(23-3)9-7-13)15(22)5-4-12-24-16-17-18-19-21(16)2/h6-9H,4-5,10-12H2,1-3H3. The number of benzene rings is 1. The third-order valence-corrected chi connectivity index (χ3v) is 4.76. The molecule has 0 aliphatic carbocycles. The summed E-state index contributed by atoms with van der Waals surface area (Å²) in [6, 6.07) is 7.94. The topological polar surface area (TPSA) is 73.1 Å². The smallest absolute Gasteiger partial charge is 0.222 e. The van der Waals surface area contributed by atoms with Crippen molar-refractivity contribution in [2.24, 2.45) is 7.05 Å². The monoisotopic (exact) mass is 349 g/mol. The summed E-state index contributed by atoms with van der Waals surface area (Å²) in [4.78, 5) is 13.9. The molecule has 7 nitrogen and oxygen atoms in total. The molecule has 1 heterocycles. The number of aromatic nitrogens is 4.